The van der Waals surface area contributed by atoms with Gasteiger partial charge >= 0.3 is 0 Å². The van der Waals surface area contributed by atoms with Crippen LogP contribution < -0.4 is 5.32 Å². The molecule has 0 aliphatic heterocycles. The minimum absolute atomic E-state index is 0.188. The normalized spacial score (nSPS) is 10.4. The third-order valence-electron chi connectivity index (χ3n) is 2.66. The maximum Gasteiger partial charge on any atom is 0.258 e. The highest BCUT2D eigenvalue weighted by atomic mass is 35.5. The molecule has 0 aliphatic rings. The van der Waals surface area contributed by atoms with Gasteiger partial charge < -0.3 is 5.32 Å². The number of alkyl halides is 1. The zero-order chi connectivity index (χ0) is 14.7. The Morgan fingerprint density at radius 1 is 1.15 bits per heavy atom. The monoisotopic (exact) mass is 315 g/mol. The molecule has 2 aromatic carbocycles. The molecule has 1 N–H and O–H groups in total. The number of hydrogen-bond donors (Lipinski definition) is 1. The number of benzene rings is 2. The van der Waals surface area contributed by atoms with Gasteiger partial charge in [0.2, 0.25) is 0 Å². The molecule has 1 amide bonds. The average molecular weight is 316 g/mol. The van der Waals surface area contributed by atoms with Crippen molar-refractivity contribution in [2.75, 3.05) is 5.32 Å². The fourth-order valence-corrected chi connectivity index (χ4v) is 2.03. The molecule has 0 heterocycles. The van der Waals surface area contributed by atoms with Crippen molar-refractivity contribution in [3.05, 3.63) is 64.2 Å². The molecule has 20 heavy (non-hydrogen) atoms. The Balaban J connectivity index is 2.31. The largest absolute Gasteiger partial charge is 0.322 e. The molecule has 2 aromatic rings. The van der Waals surface area contributed by atoms with Crippen LogP contribution in [0.3, 0.4) is 0 Å². The lowest BCUT2D eigenvalue weighted by molar-refractivity contribution is 0.102. The molecule has 2 nitrogen and oxygen atoms in total. The summed E-state index contributed by atoms with van der Waals surface area (Å²) in [5, 5.41) is 2.12. The Kier molecular flexibility index (Phi) is 4.57. The van der Waals surface area contributed by atoms with Crippen molar-refractivity contribution in [3.8, 4) is 0 Å². The Morgan fingerprint density at radius 2 is 1.85 bits per heavy atom. The summed E-state index contributed by atoms with van der Waals surface area (Å²) in [6, 6.07) is 8.33. The van der Waals surface area contributed by atoms with Crippen molar-refractivity contribution in [2.45, 2.75) is 5.88 Å². The lowest BCUT2D eigenvalue weighted by Gasteiger charge is -2.10. The topological polar surface area (TPSA) is 29.1 Å². The number of rotatable bonds is 3. The SMILES string of the molecule is O=C(Nc1ccccc1CCl)c1cc(F)c(Cl)cc1F. The fraction of sp³-hybridized carbons (Fsp3) is 0.0714. The quantitative estimate of drug-likeness (QED) is 0.650. The first-order valence-corrected chi connectivity index (χ1v) is 6.54. The standard InChI is InChI=1S/C14H9Cl2F2NO/c15-7-8-3-1-2-4-13(8)19-14(20)9-5-12(18)10(16)6-11(9)17/h1-6H,7H2,(H,19,20). The minimum atomic E-state index is -0.891. The summed E-state index contributed by atoms with van der Waals surface area (Å²) >= 11 is 11.2. The lowest BCUT2D eigenvalue weighted by atomic mass is 10.1. The van der Waals surface area contributed by atoms with E-state index in [0.29, 0.717) is 11.3 Å². The van der Waals surface area contributed by atoms with Gasteiger partial charge in [-0.1, -0.05) is 29.8 Å². The van der Waals surface area contributed by atoms with Gasteiger partial charge in [0, 0.05) is 11.6 Å². The number of anilines is 1. The second kappa shape index (κ2) is 6.20. The van der Waals surface area contributed by atoms with E-state index >= 15 is 0 Å². The Labute approximate surface area is 124 Å². The molecule has 0 aliphatic carbocycles. The first-order valence-electron chi connectivity index (χ1n) is 5.62. The van der Waals surface area contributed by atoms with Crippen LogP contribution in [0.2, 0.25) is 5.02 Å². The second-order valence-electron chi connectivity index (χ2n) is 3.99. The highest BCUT2D eigenvalue weighted by Crippen LogP contribution is 2.22. The average Bonchev–Trinajstić information content (AvgIpc) is 2.43. The summed E-state index contributed by atoms with van der Waals surface area (Å²) in [4.78, 5) is 12.0. The number of para-hydroxylation sites is 1. The van der Waals surface area contributed by atoms with Gasteiger partial charge in [-0.05, 0) is 23.8 Å². The number of halogens is 4. The molecular formula is C14H9Cl2F2NO. The first-order chi connectivity index (χ1) is 9.52. The molecule has 6 heteroatoms. The van der Waals surface area contributed by atoms with E-state index in [4.69, 9.17) is 23.2 Å². The van der Waals surface area contributed by atoms with Crippen LogP contribution in [0.4, 0.5) is 14.5 Å². The summed E-state index contributed by atoms with van der Waals surface area (Å²) in [6.45, 7) is 0. The molecule has 0 bridgehead atoms. The van der Waals surface area contributed by atoms with Gasteiger partial charge in [-0.2, -0.15) is 0 Å². The lowest BCUT2D eigenvalue weighted by Crippen LogP contribution is -2.15. The van der Waals surface area contributed by atoms with E-state index in [0.717, 1.165) is 12.1 Å². The first kappa shape index (κ1) is 14.8. The summed E-state index contributed by atoms with van der Waals surface area (Å²) in [6.07, 6.45) is 0. The maximum atomic E-state index is 13.6. The third kappa shape index (κ3) is 3.08. The Morgan fingerprint density at radius 3 is 2.55 bits per heavy atom. The molecule has 0 radical (unpaired) electrons. The van der Waals surface area contributed by atoms with E-state index < -0.39 is 23.1 Å². The predicted octanol–water partition coefficient (Wildman–Crippen LogP) is 4.61. The van der Waals surface area contributed by atoms with Crippen LogP contribution in [-0.4, -0.2) is 5.91 Å². The van der Waals surface area contributed by atoms with Crippen molar-refractivity contribution in [1.29, 1.82) is 0 Å². The van der Waals surface area contributed by atoms with Gasteiger partial charge in [-0.3, -0.25) is 4.79 Å². The number of carbonyl (C=O) groups excluding carboxylic acids is 1. The van der Waals surface area contributed by atoms with Gasteiger partial charge in [0.1, 0.15) is 11.6 Å². The predicted molar refractivity (Wildman–Crippen MR) is 75.3 cm³/mol. The van der Waals surface area contributed by atoms with Crippen molar-refractivity contribution in [3.63, 3.8) is 0 Å². The number of nitrogens with one attached hydrogen (secondary N) is 1. The number of carbonyl (C=O) groups is 1. The zero-order valence-corrected chi connectivity index (χ0v) is 11.6. The van der Waals surface area contributed by atoms with Crippen LogP contribution in [0.5, 0.6) is 0 Å². The summed E-state index contributed by atoms with van der Waals surface area (Å²) in [5.74, 6) is -2.33. The van der Waals surface area contributed by atoms with Crippen molar-refractivity contribution < 1.29 is 13.6 Å². The molecule has 104 valence electrons. The molecule has 2 rings (SSSR count). The third-order valence-corrected chi connectivity index (χ3v) is 3.24. The maximum absolute atomic E-state index is 13.6. The van der Waals surface area contributed by atoms with Crippen molar-refractivity contribution in [1.82, 2.24) is 0 Å². The molecule has 0 atom stereocenters. The smallest absolute Gasteiger partial charge is 0.258 e. The molecule has 0 aromatic heterocycles. The zero-order valence-electron chi connectivity index (χ0n) is 10.1. The van der Waals surface area contributed by atoms with Gasteiger partial charge in [-0.25, -0.2) is 8.78 Å². The molecular weight excluding hydrogens is 307 g/mol. The Bertz CT molecular complexity index is 662. The van der Waals surface area contributed by atoms with Gasteiger partial charge in [0.05, 0.1) is 10.6 Å². The van der Waals surface area contributed by atoms with Crippen LogP contribution in [0, 0.1) is 11.6 Å². The van der Waals surface area contributed by atoms with Crippen molar-refractivity contribution >= 4 is 34.8 Å². The highest BCUT2D eigenvalue weighted by Gasteiger charge is 2.16. The molecule has 0 fully saturated rings. The van der Waals surface area contributed by atoms with E-state index in [1.165, 1.54) is 0 Å². The second-order valence-corrected chi connectivity index (χ2v) is 4.67. The van der Waals surface area contributed by atoms with E-state index in [9.17, 15) is 13.6 Å². The summed E-state index contributed by atoms with van der Waals surface area (Å²) in [7, 11) is 0. The highest BCUT2D eigenvalue weighted by molar-refractivity contribution is 6.30. The number of hydrogen-bond acceptors (Lipinski definition) is 1. The van der Waals surface area contributed by atoms with Crippen LogP contribution >= 0.6 is 23.2 Å². The van der Waals surface area contributed by atoms with Crippen LogP contribution in [0.25, 0.3) is 0 Å². The van der Waals surface area contributed by atoms with E-state index in [-0.39, 0.29) is 10.9 Å². The van der Waals surface area contributed by atoms with Gasteiger partial charge in [0.15, 0.2) is 0 Å². The van der Waals surface area contributed by atoms with Crippen LogP contribution in [-0.2, 0) is 5.88 Å². The number of amides is 1. The van der Waals surface area contributed by atoms with Gasteiger partial charge in [-0.15, -0.1) is 11.6 Å². The van der Waals surface area contributed by atoms with E-state index in [2.05, 4.69) is 5.32 Å². The van der Waals surface area contributed by atoms with Gasteiger partial charge in [0.25, 0.3) is 5.91 Å². The van der Waals surface area contributed by atoms with Crippen LogP contribution in [0.1, 0.15) is 15.9 Å². The summed E-state index contributed by atoms with van der Waals surface area (Å²) in [5.41, 5.74) is 0.705. The Hall–Kier alpha value is -1.65. The minimum Gasteiger partial charge on any atom is -0.322 e. The van der Waals surface area contributed by atoms with Crippen molar-refractivity contribution in [2.24, 2.45) is 0 Å². The summed E-state index contributed by atoms with van der Waals surface area (Å²) < 4.78 is 26.9. The molecule has 0 spiro atoms. The van der Waals surface area contributed by atoms with E-state index in [1.807, 2.05) is 0 Å². The molecule has 0 saturated carbocycles. The van der Waals surface area contributed by atoms with E-state index in [1.54, 1.807) is 24.3 Å². The fourth-order valence-electron chi connectivity index (χ4n) is 1.64. The molecule has 0 saturated heterocycles. The van der Waals surface area contributed by atoms with Crippen LogP contribution in [0.15, 0.2) is 36.4 Å². The molecule has 0 unspecified atom stereocenters.